The van der Waals surface area contributed by atoms with Gasteiger partial charge in [-0.1, -0.05) is 38.5 Å². The molecule has 0 heterocycles. The van der Waals surface area contributed by atoms with Crippen molar-refractivity contribution in [3.8, 4) is 0 Å². The van der Waals surface area contributed by atoms with Crippen LogP contribution in [0, 0.1) is 5.92 Å². The molecule has 0 aromatic rings. The normalized spacial score (nSPS) is 24.7. The van der Waals surface area contributed by atoms with Gasteiger partial charge in [-0.25, -0.2) is 0 Å². The van der Waals surface area contributed by atoms with E-state index in [9.17, 15) is 4.79 Å². The third-order valence-corrected chi connectivity index (χ3v) is 5.18. The number of halogens is 1. The quantitative estimate of drug-likeness (QED) is 0.769. The lowest BCUT2D eigenvalue weighted by molar-refractivity contribution is -0.124. The second kappa shape index (κ2) is 6.79. The molecule has 2 aliphatic rings. The van der Waals surface area contributed by atoms with E-state index in [0.29, 0.717) is 11.8 Å². The fourth-order valence-electron chi connectivity index (χ4n) is 3.52. The zero-order valence-electron chi connectivity index (χ0n) is 11.3. The summed E-state index contributed by atoms with van der Waals surface area (Å²) in [5.41, 5.74) is -0.0917. The van der Waals surface area contributed by atoms with Crippen molar-refractivity contribution in [3.63, 3.8) is 0 Å². The first kappa shape index (κ1) is 14.2. The number of alkyl halides is 1. The van der Waals surface area contributed by atoms with Crippen LogP contribution in [0.25, 0.3) is 0 Å². The molecule has 0 saturated heterocycles. The molecule has 0 bridgehead atoms. The Morgan fingerprint density at radius 3 is 2.28 bits per heavy atom. The molecular weight excluding hydrogens is 246 g/mol. The summed E-state index contributed by atoms with van der Waals surface area (Å²) in [6.07, 6.45) is 13.0. The monoisotopic (exact) mass is 271 g/mol. The lowest BCUT2D eigenvalue weighted by atomic mass is 9.82. The van der Waals surface area contributed by atoms with Crippen LogP contribution in [0.3, 0.4) is 0 Å². The largest absolute Gasteiger partial charge is 0.349 e. The van der Waals surface area contributed by atoms with Crippen molar-refractivity contribution < 1.29 is 4.79 Å². The third kappa shape index (κ3) is 3.88. The lowest BCUT2D eigenvalue weighted by Gasteiger charge is -2.37. The Morgan fingerprint density at radius 1 is 1.06 bits per heavy atom. The van der Waals surface area contributed by atoms with Gasteiger partial charge in [-0.05, 0) is 31.6 Å². The highest BCUT2D eigenvalue weighted by Crippen LogP contribution is 2.31. The number of carbonyl (C=O) groups excluding carboxylic acids is 1. The van der Waals surface area contributed by atoms with Gasteiger partial charge in [0.1, 0.15) is 0 Å². The highest BCUT2D eigenvalue weighted by Gasteiger charge is 2.33. The predicted molar refractivity (Wildman–Crippen MR) is 75.9 cm³/mol. The molecule has 0 aromatic heterocycles. The van der Waals surface area contributed by atoms with Gasteiger partial charge >= 0.3 is 0 Å². The third-order valence-electron chi connectivity index (χ3n) is 4.67. The van der Waals surface area contributed by atoms with Crippen molar-refractivity contribution in [2.75, 3.05) is 5.88 Å². The maximum Gasteiger partial charge on any atom is 0.220 e. The van der Waals surface area contributed by atoms with E-state index in [1.54, 1.807) is 0 Å². The molecule has 0 aliphatic heterocycles. The maximum atomic E-state index is 12.2. The molecule has 0 spiro atoms. The molecule has 1 N–H and O–H groups in total. The van der Waals surface area contributed by atoms with E-state index in [2.05, 4.69) is 5.32 Å². The average Bonchev–Trinajstić information content (AvgIpc) is 2.41. The van der Waals surface area contributed by atoms with Crippen molar-refractivity contribution in [1.29, 1.82) is 0 Å². The van der Waals surface area contributed by atoms with Gasteiger partial charge < -0.3 is 5.32 Å². The SMILES string of the molecule is O=C(CC1CCCCC1)NC1(CCl)CCCCC1. The van der Waals surface area contributed by atoms with Crippen LogP contribution in [-0.4, -0.2) is 17.3 Å². The molecule has 2 aliphatic carbocycles. The molecular formula is C15H26ClNO. The molecule has 0 unspecified atom stereocenters. The van der Waals surface area contributed by atoms with Gasteiger partial charge in [-0.3, -0.25) is 4.79 Å². The Bertz CT molecular complexity index is 268. The summed E-state index contributed by atoms with van der Waals surface area (Å²) < 4.78 is 0. The Kier molecular flexibility index (Phi) is 5.35. The fraction of sp³-hybridized carbons (Fsp3) is 0.933. The van der Waals surface area contributed by atoms with E-state index in [1.165, 1.54) is 51.4 Å². The van der Waals surface area contributed by atoms with Crippen molar-refractivity contribution in [3.05, 3.63) is 0 Å². The minimum atomic E-state index is -0.0917. The second-order valence-corrected chi connectivity index (χ2v) is 6.50. The molecule has 0 aromatic carbocycles. The van der Waals surface area contributed by atoms with Gasteiger partial charge in [0.25, 0.3) is 0 Å². The summed E-state index contributed by atoms with van der Waals surface area (Å²) in [5, 5.41) is 3.26. The van der Waals surface area contributed by atoms with Crippen LogP contribution < -0.4 is 5.32 Å². The molecule has 0 radical (unpaired) electrons. The number of nitrogens with one attached hydrogen (secondary N) is 1. The minimum Gasteiger partial charge on any atom is -0.349 e. The van der Waals surface area contributed by atoms with E-state index >= 15 is 0 Å². The van der Waals surface area contributed by atoms with Crippen LogP contribution in [0.15, 0.2) is 0 Å². The van der Waals surface area contributed by atoms with Gasteiger partial charge in [0.05, 0.1) is 5.54 Å². The van der Waals surface area contributed by atoms with Crippen LogP contribution in [0.1, 0.15) is 70.6 Å². The summed E-state index contributed by atoms with van der Waals surface area (Å²) in [6, 6.07) is 0. The highest BCUT2D eigenvalue weighted by atomic mass is 35.5. The molecule has 3 heteroatoms. The van der Waals surface area contributed by atoms with Gasteiger partial charge in [-0.2, -0.15) is 0 Å². The predicted octanol–water partition coefficient (Wildman–Crippen LogP) is 4.01. The Morgan fingerprint density at radius 2 is 1.67 bits per heavy atom. The Balaban J connectivity index is 1.81. The summed E-state index contributed by atoms with van der Waals surface area (Å²) in [5.74, 6) is 1.43. The van der Waals surface area contributed by atoms with E-state index in [1.807, 2.05) is 0 Å². The van der Waals surface area contributed by atoms with Gasteiger partial charge in [0.15, 0.2) is 0 Å². The van der Waals surface area contributed by atoms with E-state index < -0.39 is 0 Å². The Labute approximate surface area is 116 Å². The smallest absolute Gasteiger partial charge is 0.220 e. The summed E-state index contributed by atoms with van der Waals surface area (Å²) in [6.45, 7) is 0. The summed E-state index contributed by atoms with van der Waals surface area (Å²) >= 11 is 6.11. The number of hydrogen-bond acceptors (Lipinski definition) is 1. The molecule has 18 heavy (non-hydrogen) atoms. The minimum absolute atomic E-state index is 0.0917. The average molecular weight is 272 g/mol. The first-order valence-electron chi connectivity index (χ1n) is 7.61. The van der Waals surface area contributed by atoms with Gasteiger partial charge in [0, 0.05) is 12.3 Å². The van der Waals surface area contributed by atoms with Crippen molar-refractivity contribution in [1.82, 2.24) is 5.32 Å². The molecule has 1 amide bonds. The summed E-state index contributed by atoms with van der Waals surface area (Å²) in [4.78, 5) is 12.2. The van der Waals surface area contributed by atoms with Gasteiger partial charge in [0.2, 0.25) is 5.91 Å². The lowest BCUT2D eigenvalue weighted by Crippen LogP contribution is -2.51. The van der Waals surface area contributed by atoms with Crippen molar-refractivity contribution in [2.24, 2.45) is 5.92 Å². The molecule has 0 atom stereocenters. The van der Waals surface area contributed by atoms with E-state index in [4.69, 9.17) is 11.6 Å². The van der Waals surface area contributed by atoms with Crippen LogP contribution in [0.5, 0.6) is 0 Å². The number of carbonyl (C=O) groups is 1. The molecule has 2 nitrogen and oxygen atoms in total. The second-order valence-electron chi connectivity index (χ2n) is 6.23. The molecule has 2 saturated carbocycles. The first-order valence-corrected chi connectivity index (χ1v) is 8.14. The van der Waals surface area contributed by atoms with Crippen molar-refractivity contribution in [2.45, 2.75) is 76.2 Å². The standard InChI is InChI=1S/C15H26ClNO/c16-12-15(9-5-2-6-10-15)17-14(18)11-13-7-3-1-4-8-13/h13H,1-12H2,(H,17,18). The molecule has 2 rings (SSSR count). The Hall–Kier alpha value is -0.240. The highest BCUT2D eigenvalue weighted by molar-refractivity contribution is 6.18. The maximum absolute atomic E-state index is 12.2. The number of amides is 1. The fourth-order valence-corrected chi connectivity index (χ4v) is 3.85. The van der Waals surface area contributed by atoms with Gasteiger partial charge in [-0.15, -0.1) is 11.6 Å². The van der Waals surface area contributed by atoms with Crippen LogP contribution >= 0.6 is 11.6 Å². The van der Waals surface area contributed by atoms with E-state index in [-0.39, 0.29) is 11.4 Å². The molecule has 104 valence electrons. The zero-order valence-corrected chi connectivity index (χ0v) is 12.1. The van der Waals surface area contributed by atoms with Crippen LogP contribution in [-0.2, 0) is 4.79 Å². The van der Waals surface area contributed by atoms with Crippen molar-refractivity contribution >= 4 is 17.5 Å². The first-order chi connectivity index (χ1) is 8.74. The zero-order chi connectivity index (χ0) is 12.8. The van der Waals surface area contributed by atoms with Crippen LogP contribution in [0.2, 0.25) is 0 Å². The number of hydrogen-bond donors (Lipinski definition) is 1. The van der Waals surface area contributed by atoms with Crippen LogP contribution in [0.4, 0.5) is 0 Å². The summed E-state index contributed by atoms with van der Waals surface area (Å²) in [7, 11) is 0. The molecule has 2 fully saturated rings. The topological polar surface area (TPSA) is 29.1 Å². The number of rotatable bonds is 4. The van der Waals surface area contributed by atoms with E-state index in [0.717, 1.165) is 19.3 Å².